The number of rotatable bonds is 4. The number of hydrogen-bond acceptors (Lipinski definition) is 4. The predicted molar refractivity (Wildman–Crippen MR) is 71.7 cm³/mol. The molecule has 1 fully saturated rings. The Morgan fingerprint density at radius 2 is 2.50 bits per heavy atom. The van der Waals surface area contributed by atoms with Crippen LogP contribution in [0.2, 0.25) is 0 Å². The van der Waals surface area contributed by atoms with Crippen molar-refractivity contribution in [1.82, 2.24) is 15.3 Å². The highest BCUT2D eigenvalue weighted by molar-refractivity contribution is 14.1. The molecule has 0 bridgehead atoms. The molecule has 1 aromatic rings. The van der Waals surface area contributed by atoms with E-state index in [-0.39, 0.29) is 5.56 Å². The van der Waals surface area contributed by atoms with Crippen LogP contribution in [-0.4, -0.2) is 29.1 Å². The molecule has 16 heavy (non-hydrogen) atoms. The minimum Gasteiger partial charge on any atom is -0.369 e. The van der Waals surface area contributed by atoms with Gasteiger partial charge in [-0.3, -0.25) is 4.79 Å². The number of hydrogen-bond donors (Lipinski definition) is 3. The number of anilines is 1. The molecule has 0 amide bonds. The molecule has 1 saturated heterocycles. The Hall–Kier alpha value is -0.630. The van der Waals surface area contributed by atoms with E-state index in [1.807, 2.05) is 22.6 Å². The molecule has 3 N–H and O–H groups in total. The van der Waals surface area contributed by atoms with Gasteiger partial charge >= 0.3 is 0 Å². The van der Waals surface area contributed by atoms with E-state index in [1.165, 1.54) is 19.2 Å². The first-order chi connectivity index (χ1) is 7.77. The van der Waals surface area contributed by atoms with Crippen LogP contribution in [0.3, 0.4) is 0 Å². The van der Waals surface area contributed by atoms with Crippen LogP contribution in [0.5, 0.6) is 0 Å². The molecule has 0 unspecified atom stereocenters. The molecule has 0 aliphatic carbocycles. The molecule has 0 spiro atoms. The van der Waals surface area contributed by atoms with Gasteiger partial charge in [0.05, 0.1) is 6.33 Å². The van der Waals surface area contributed by atoms with Crippen LogP contribution in [0.1, 0.15) is 19.3 Å². The maximum Gasteiger partial charge on any atom is 0.266 e. The second kappa shape index (κ2) is 5.62. The molecule has 1 atom stereocenters. The Balaban J connectivity index is 1.84. The summed E-state index contributed by atoms with van der Waals surface area (Å²) >= 11 is 2.01. The fraction of sp³-hybridized carbons (Fsp3) is 0.600. The largest absolute Gasteiger partial charge is 0.369 e. The van der Waals surface area contributed by atoms with Gasteiger partial charge < -0.3 is 15.6 Å². The first kappa shape index (κ1) is 11.8. The monoisotopic (exact) mass is 334 g/mol. The van der Waals surface area contributed by atoms with E-state index in [9.17, 15) is 4.79 Å². The smallest absolute Gasteiger partial charge is 0.266 e. The SMILES string of the molecule is O=c1[nH]cnc(NCC[C@@H]2CCCN2)c1I. The van der Waals surface area contributed by atoms with Crippen molar-refractivity contribution in [1.29, 1.82) is 0 Å². The summed E-state index contributed by atoms with van der Waals surface area (Å²) in [7, 11) is 0. The number of nitrogens with one attached hydrogen (secondary N) is 3. The Morgan fingerprint density at radius 3 is 3.25 bits per heavy atom. The van der Waals surface area contributed by atoms with E-state index in [2.05, 4.69) is 20.6 Å². The molecule has 0 saturated carbocycles. The Labute approximate surface area is 108 Å². The molecule has 6 heteroatoms. The van der Waals surface area contributed by atoms with E-state index >= 15 is 0 Å². The minimum atomic E-state index is -0.0860. The number of halogens is 1. The lowest BCUT2D eigenvalue weighted by molar-refractivity contribution is 0.574. The van der Waals surface area contributed by atoms with Crippen LogP contribution in [-0.2, 0) is 0 Å². The third-order valence-electron chi connectivity index (χ3n) is 2.74. The van der Waals surface area contributed by atoms with Crippen LogP contribution < -0.4 is 16.2 Å². The second-order valence-corrected chi connectivity index (χ2v) is 4.98. The van der Waals surface area contributed by atoms with Gasteiger partial charge in [-0.05, 0) is 48.4 Å². The van der Waals surface area contributed by atoms with Gasteiger partial charge in [-0.15, -0.1) is 0 Å². The molecule has 2 heterocycles. The average molecular weight is 334 g/mol. The van der Waals surface area contributed by atoms with Gasteiger partial charge in [0.25, 0.3) is 5.56 Å². The summed E-state index contributed by atoms with van der Waals surface area (Å²) in [4.78, 5) is 18.0. The van der Waals surface area contributed by atoms with Gasteiger partial charge in [-0.25, -0.2) is 4.98 Å². The summed E-state index contributed by atoms with van der Waals surface area (Å²) in [6.45, 7) is 1.98. The topological polar surface area (TPSA) is 69.8 Å². The van der Waals surface area contributed by atoms with E-state index in [0.717, 1.165) is 19.5 Å². The van der Waals surface area contributed by atoms with E-state index in [0.29, 0.717) is 15.4 Å². The number of aromatic amines is 1. The Morgan fingerprint density at radius 1 is 1.62 bits per heavy atom. The second-order valence-electron chi connectivity index (χ2n) is 3.90. The van der Waals surface area contributed by atoms with Gasteiger partial charge in [-0.2, -0.15) is 0 Å². The van der Waals surface area contributed by atoms with Crippen LogP contribution in [0.15, 0.2) is 11.1 Å². The van der Waals surface area contributed by atoms with E-state index in [1.54, 1.807) is 0 Å². The zero-order chi connectivity index (χ0) is 11.4. The third-order valence-corrected chi connectivity index (χ3v) is 3.74. The van der Waals surface area contributed by atoms with Crippen molar-refractivity contribution >= 4 is 28.4 Å². The Kier molecular flexibility index (Phi) is 4.16. The normalized spacial score (nSPS) is 19.9. The predicted octanol–water partition coefficient (Wildman–Crippen LogP) is 0.928. The number of H-pyrrole nitrogens is 1. The fourth-order valence-corrected chi connectivity index (χ4v) is 2.36. The molecule has 1 aromatic heterocycles. The summed E-state index contributed by atoms with van der Waals surface area (Å²) in [6.07, 6.45) is 5.03. The van der Waals surface area contributed by atoms with E-state index < -0.39 is 0 Å². The molecule has 88 valence electrons. The molecule has 1 aliphatic rings. The maximum absolute atomic E-state index is 11.3. The van der Waals surface area contributed by atoms with E-state index in [4.69, 9.17) is 0 Å². The van der Waals surface area contributed by atoms with Gasteiger partial charge in [-0.1, -0.05) is 0 Å². The van der Waals surface area contributed by atoms with Crippen molar-refractivity contribution < 1.29 is 0 Å². The van der Waals surface area contributed by atoms with Gasteiger partial charge in [0.2, 0.25) is 0 Å². The lowest BCUT2D eigenvalue weighted by atomic mass is 10.1. The molecule has 1 aliphatic heterocycles. The summed E-state index contributed by atoms with van der Waals surface area (Å²) in [5.74, 6) is 0.683. The molecule has 0 radical (unpaired) electrons. The molecule has 5 nitrogen and oxygen atoms in total. The zero-order valence-corrected chi connectivity index (χ0v) is 11.1. The van der Waals surface area contributed by atoms with Gasteiger partial charge in [0.1, 0.15) is 9.39 Å². The summed E-state index contributed by atoms with van der Waals surface area (Å²) in [5.41, 5.74) is -0.0860. The molecule has 0 aromatic carbocycles. The molecular weight excluding hydrogens is 319 g/mol. The van der Waals surface area contributed by atoms with Crippen molar-refractivity contribution in [2.24, 2.45) is 0 Å². The van der Waals surface area contributed by atoms with Crippen LogP contribution >= 0.6 is 22.6 Å². The minimum absolute atomic E-state index is 0.0860. The van der Waals surface area contributed by atoms with Gasteiger partial charge in [0.15, 0.2) is 0 Å². The Bertz CT molecular complexity index is 400. The lowest BCUT2D eigenvalue weighted by Crippen LogP contribution is -2.25. The summed E-state index contributed by atoms with van der Waals surface area (Å²) < 4.78 is 0.625. The highest BCUT2D eigenvalue weighted by Crippen LogP contribution is 2.11. The van der Waals surface area contributed by atoms with Crippen molar-refractivity contribution in [3.8, 4) is 0 Å². The fourth-order valence-electron chi connectivity index (χ4n) is 1.87. The van der Waals surface area contributed by atoms with Gasteiger partial charge in [0, 0.05) is 12.6 Å². The summed E-state index contributed by atoms with van der Waals surface area (Å²) in [5, 5.41) is 6.64. The van der Waals surface area contributed by atoms with Crippen molar-refractivity contribution in [3.05, 3.63) is 20.3 Å². The van der Waals surface area contributed by atoms with Crippen LogP contribution in [0, 0.1) is 3.57 Å². The van der Waals surface area contributed by atoms with Crippen molar-refractivity contribution in [2.75, 3.05) is 18.4 Å². The maximum atomic E-state index is 11.3. The molecule has 2 rings (SSSR count). The first-order valence-electron chi connectivity index (χ1n) is 5.48. The quantitative estimate of drug-likeness (QED) is 0.717. The average Bonchev–Trinajstić information content (AvgIpc) is 2.77. The molecular formula is C10H15IN4O. The van der Waals surface area contributed by atoms with Crippen LogP contribution in [0.25, 0.3) is 0 Å². The first-order valence-corrected chi connectivity index (χ1v) is 6.55. The number of nitrogens with zero attached hydrogens (tertiary/aromatic N) is 1. The third kappa shape index (κ3) is 2.94. The highest BCUT2D eigenvalue weighted by atomic mass is 127. The van der Waals surface area contributed by atoms with Crippen LogP contribution in [0.4, 0.5) is 5.82 Å². The standard InChI is InChI=1S/C10H15IN4O/c11-8-9(14-6-15-10(8)16)13-5-3-7-2-1-4-12-7/h6-7,12H,1-5H2,(H2,13,14,15,16)/t7-/m0/s1. The van der Waals surface area contributed by atoms with Crippen molar-refractivity contribution in [2.45, 2.75) is 25.3 Å². The lowest BCUT2D eigenvalue weighted by Gasteiger charge is -2.11. The zero-order valence-electron chi connectivity index (χ0n) is 8.92. The number of aromatic nitrogens is 2. The summed E-state index contributed by atoms with van der Waals surface area (Å²) in [6, 6.07) is 0.618. The highest BCUT2D eigenvalue weighted by Gasteiger charge is 2.13. The van der Waals surface area contributed by atoms with Crippen molar-refractivity contribution in [3.63, 3.8) is 0 Å².